The molecule has 0 fully saturated rings. The van der Waals surface area contributed by atoms with Gasteiger partial charge in [-0.05, 0) is 76.2 Å². The number of benzene rings is 3. The summed E-state index contributed by atoms with van der Waals surface area (Å²) in [6, 6.07) is 18.1. The lowest BCUT2D eigenvalue weighted by molar-refractivity contribution is -0.138. The molecule has 2 atom stereocenters. The van der Waals surface area contributed by atoms with E-state index >= 15 is 0 Å². The number of hydrogen-bond acceptors (Lipinski definition) is 4. The predicted octanol–water partition coefficient (Wildman–Crippen LogP) is 8.37. The number of rotatable bonds is 10. The first-order chi connectivity index (χ1) is 19.5. The zero-order valence-electron chi connectivity index (χ0n) is 22.0. The first-order valence-corrected chi connectivity index (χ1v) is 14.2. The Hall–Kier alpha value is -3.87. The lowest BCUT2D eigenvalue weighted by Gasteiger charge is -2.29. The first-order valence-electron chi connectivity index (χ1n) is 12.9. The third-order valence-corrected chi connectivity index (χ3v) is 8.24. The fourth-order valence-electron chi connectivity index (χ4n) is 5.05. The molecule has 4 aromatic rings. The summed E-state index contributed by atoms with van der Waals surface area (Å²) in [5.74, 6) is -1.96. The maximum absolute atomic E-state index is 13.8. The van der Waals surface area contributed by atoms with Crippen LogP contribution >= 0.6 is 22.9 Å². The number of carboxylic acid groups (broad SMARTS) is 1. The van der Waals surface area contributed by atoms with Crippen LogP contribution in [-0.2, 0) is 11.0 Å². The Balaban J connectivity index is 1.83. The summed E-state index contributed by atoms with van der Waals surface area (Å²) in [5, 5.41) is 23.8. The quantitative estimate of drug-likeness (QED) is 0.192. The summed E-state index contributed by atoms with van der Waals surface area (Å²) in [6.45, 7) is 2.03. The molecule has 0 saturated carbocycles. The van der Waals surface area contributed by atoms with Gasteiger partial charge in [0.05, 0.1) is 22.2 Å². The van der Waals surface area contributed by atoms with Gasteiger partial charge in [-0.3, -0.25) is 9.59 Å². The van der Waals surface area contributed by atoms with Crippen LogP contribution in [0.5, 0.6) is 0 Å². The minimum absolute atomic E-state index is 0.00283. The van der Waals surface area contributed by atoms with Crippen molar-refractivity contribution in [2.75, 3.05) is 6.54 Å². The minimum atomic E-state index is -4.61. The van der Waals surface area contributed by atoms with Gasteiger partial charge in [0.1, 0.15) is 6.07 Å². The standard InChI is InChI=1S/C31H26ClF3N2O3S/c1-2-3-24(18-4-6-20(7-5-18)30(40)37-13-12-27(38)39)28(19-8-10-23(32)11-9-19)26-17-41-29-21(16-36)14-22(15-25(26)29)31(33,34)35/h4-11,14-15,17,24,28H,2-3,12-13H2,1H3,(H,37,40)(H,38,39)/t24-,28?/m1/s1. The Kier molecular flexibility index (Phi) is 9.36. The van der Waals surface area contributed by atoms with Gasteiger partial charge in [0.25, 0.3) is 5.91 Å². The highest BCUT2D eigenvalue weighted by molar-refractivity contribution is 7.17. The van der Waals surface area contributed by atoms with Crippen LogP contribution in [-0.4, -0.2) is 23.5 Å². The summed E-state index contributed by atoms with van der Waals surface area (Å²) in [6.07, 6.45) is -3.33. The average molecular weight is 599 g/mol. The molecule has 1 unspecified atom stereocenters. The van der Waals surface area contributed by atoms with E-state index in [0.717, 1.165) is 29.7 Å². The molecule has 0 aliphatic rings. The van der Waals surface area contributed by atoms with Crippen LogP contribution in [0.1, 0.15) is 76.2 Å². The van der Waals surface area contributed by atoms with E-state index in [1.165, 1.54) is 11.3 Å². The zero-order valence-corrected chi connectivity index (χ0v) is 23.5. The largest absolute Gasteiger partial charge is 0.481 e. The van der Waals surface area contributed by atoms with Crippen molar-refractivity contribution in [3.63, 3.8) is 0 Å². The smallest absolute Gasteiger partial charge is 0.416 e. The maximum atomic E-state index is 13.8. The molecule has 0 saturated heterocycles. The fourth-order valence-corrected chi connectivity index (χ4v) is 6.23. The van der Waals surface area contributed by atoms with Gasteiger partial charge in [0.15, 0.2) is 0 Å². The molecule has 0 aliphatic heterocycles. The highest BCUT2D eigenvalue weighted by Crippen LogP contribution is 2.47. The molecule has 2 N–H and O–H groups in total. The highest BCUT2D eigenvalue weighted by Gasteiger charge is 2.34. The molecule has 0 bridgehead atoms. The maximum Gasteiger partial charge on any atom is 0.416 e. The lowest BCUT2D eigenvalue weighted by Crippen LogP contribution is -2.26. The van der Waals surface area contributed by atoms with Gasteiger partial charge < -0.3 is 10.4 Å². The van der Waals surface area contributed by atoms with Crippen LogP contribution in [0.2, 0.25) is 5.02 Å². The van der Waals surface area contributed by atoms with Crippen LogP contribution in [0.4, 0.5) is 13.2 Å². The summed E-state index contributed by atoms with van der Waals surface area (Å²) in [4.78, 5) is 23.2. The van der Waals surface area contributed by atoms with Crippen molar-refractivity contribution >= 4 is 44.9 Å². The minimum Gasteiger partial charge on any atom is -0.481 e. The Morgan fingerprint density at radius 3 is 2.32 bits per heavy atom. The number of aliphatic carboxylic acids is 1. The van der Waals surface area contributed by atoms with E-state index in [1.54, 1.807) is 24.3 Å². The third-order valence-electron chi connectivity index (χ3n) is 6.94. The number of carbonyl (C=O) groups excluding carboxylic acids is 1. The van der Waals surface area contributed by atoms with E-state index in [-0.39, 0.29) is 30.4 Å². The van der Waals surface area contributed by atoms with E-state index in [2.05, 4.69) is 5.32 Å². The zero-order chi connectivity index (χ0) is 29.7. The molecular formula is C31H26ClF3N2O3S. The van der Waals surface area contributed by atoms with Crippen LogP contribution in [0.25, 0.3) is 10.1 Å². The molecule has 5 nitrogen and oxygen atoms in total. The van der Waals surface area contributed by atoms with Crippen molar-refractivity contribution in [1.82, 2.24) is 5.32 Å². The molecule has 4 rings (SSSR count). The predicted molar refractivity (Wildman–Crippen MR) is 154 cm³/mol. The summed E-state index contributed by atoms with van der Waals surface area (Å²) in [5.41, 5.74) is 1.91. The third kappa shape index (κ3) is 6.89. The number of carbonyl (C=O) groups is 2. The van der Waals surface area contributed by atoms with Crippen LogP contribution in [0.15, 0.2) is 66.0 Å². The topological polar surface area (TPSA) is 90.2 Å². The number of nitrogens with one attached hydrogen (secondary N) is 1. The number of thiophene rings is 1. The Bertz CT molecular complexity index is 1590. The normalized spacial score (nSPS) is 13.0. The molecule has 1 amide bonds. The number of carboxylic acids is 1. The average Bonchev–Trinajstić information content (AvgIpc) is 3.36. The molecule has 41 heavy (non-hydrogen) atoms. The molecule has 212 valence electrons. The number of amides is 1. The lowest BCUT2D eigenvalue weighted by atomic mass is 9.75. The van der Waals surface area contributed by atoms with Gasteiger partial charge in [-0.25, -0.2) is 0 Å². The second kappa shape index (κ2) is 12.8. The molecule has 0 radical (unpaired) electrons. The summed E-state index contributed by atoms with van der Waals surface area (Å²) in [7, 11) is 0. The van der Waals surface area contributed by atoms with Gasteiger partial charge in [-0.1, -0.05) is 49.2 Å². The molecular weight excluding hydrogens is 573 g/mol. The van der Waals surface area contributed by atoms with Crippen molar-refractivity contribution in [2.45, 2.75) is 44.2 Å². The van der Waals surface area contributed by atoms with Crippen LogP contribution in [0.3, 0.4) is 0 Å². The molecule has 1 aromatic heterocycles. The molecule has 0 spiro atoms. The van der Waals surface area contributed by atoms with Crippen molar-refractivity contribution in [2.24, 2.45) is 0 Å². The second-order valence-corrected chi connectivity index (χ2v) is 11.0. The Labute approximate surface area is 244 Å². The van der Waals surface area contributed by atoms with Gasteiger partial charge in [-0.15, -0.1) is 11.3 Å². The van der Waals surface area contributed by atoms with E-state index in [0.29, 0.717) is 32.7 Å². The van der Waals surface area contributed by atoms with E-state index in [1.807, 2.05) is 42.6 Å². The fraction of sp³-hybridized carbons (Fsp3) is 0.258. The molecule has 0 aliphatic carbocycles. The molecule has 1 heterocycles. The first kappa shape index (κ1) is 30.1. The van der Waals surface area contributed by atoms with Crippen LogP contribution in [0, 0.1) is 11.3 Å². The summed E-state index contributed by atoms with van der Waals surface area (Å²) < 4.78 is 42.0. The van der Waals surface area contributed by atoms with E-state index < -0.39 is 23.6 Å². The highest BCUT2D eigenvalue weighted by atomic mass is 35.5. The number of alkyl halides is 3. The van der Waals surface area contributed by atoms with E-state index in [4.69, 9.17) is 16.7 Å². The van der Waals surface area contributed by atoms with Gasteiger partial charge in [-0.2, -0.15) is 18.4 Å². The second-order valence-electron chi connectivity index (χ2n) is 9.65. The van der Waals surface area contributed by atoms with Gasteiger partial charge >= 0.3 is 12.1 Å². The van der Waals surface area contributed by atoms with Crippen molar-refractivity contribution < 1.29 is 27.9 Å². The number of hydrogen-bond donors (Lipinski definition) is 2. The SMILES string of the molecule is CCC[C@H](c1ccc(C(=O)NCCC(=O)O)cc1)C(c1ccc(Cl)cc1)c1csc2c(C#N)cc(C(F)(F)F)cc12. The number of fused-ring (bicyclic) bond motifs is 1. The monoisotopic (exact) mass is 598 g/mol. The van der Waals surface area contributed by atoms with Crippen LogP contribution < -0.4 is 5.32 Å². The van der Waals surface area contributed by atoms with Gasteiger partial charge in [0.2, 0.25) is 0 Å². The van der Waals surface area contributed by atoms with E-state index in [9.17, 15) is 28.0 Å². The van der Waals surface area contributed by atoms with Crippen molar-refractivity contribution in [3.8, 4) is 6.07 Å². The molecule has 10 heteroatoms. The van der Waals surface area contributed by atoms with Crippen molar-refractivity contribution in [1.29, 1.82) is 5.26 Å². The Morgan fingerprint density at radius 2 is 1.73 bits per heavy atom. The Morgan fingerprint density at radius 1 is 1.07 bits per heavy atom. The van der Waals surface area contributed by atoms with Gasteiger partial charge in [0, 0.05) is 23.0 Å². The number of halogens is 4. The number of nitrogens with zero attached hydrogens (tertiary/aromatic N) is 1. The van der Waals surface area contributed by atoms with Crippen molar-refractivity contribution in [3.05, 3.63) is 104 Å². The number of nitriles is 1. The summed E-state index contributed by atoms with van der Waals surface area (Å²) >= 11 is 7.42. The molecule has 3 aromatic carbocycles.